The quantitative estimate of drug-likeness (QED) is 0.203. The number of carbonyl (C=O) groups is 2. The van der Waals surface area contributed by atoms with Gasteiger partial charge in [0.25, 0.3) is 5.97 Å². The van der Waals surface area contributed by atoms with Gasteiger partial charge < -0.3 is 18.9 Å². The van der Waals surface area contributed by atoms with Crippen LogP contribution in [0.3, 0.4) is 0 Å². The van der Waals surface area contributed by atoms with Crippen molar-refractivity contribution < 1.29 is 28.5 Å². The van der Waals surface area contributed by atoms with E-state index >= 15 is 0 Å². The van der Waals surface area contributed by atoms with Gasteiger partial charge >= 0.3 is 11.9 Å². The second-order valence-corrected chi connectivity index (χ2v) is 6.84. The van der Waals surface area contributed by atoms with E-state index in [0.29, 0.717) is 12.8 Å². The summed E-state index contributed by atoms with van der Waals surface area (Å²) in [7, 11) is 4.76. The number of rotatable bonds is 14. The van der Waals surface area contributed by atoms with Gasteiger partial charge in [0.15, 0.2) is 0 Å². The Labute approximate surface area is 151 Å². The van der Waals surface area contributed by atoms with E-state index in [0.717, 1.165) is 44.9 Å². The van der Waals surface area contributed by atoms with Crippen LogP contribution in [-0.2, 0) is 28.5 Å². The lowest BCUT2D eigenvalue weighted by atomic mass is 9.79. The second-order valence-electron chi connectivity index (χ2n) is 6.84. The van der Waals surface area contributed by atoms with Gasteiger partial charge in [0.2, 0.25) is 0 Å². The molecule has 146 valence electrons. The molecule has 0 aromatic carbocycles. The molecule has 0 aromatic heterocycles. The van der Waals surface area contributed by atoms with Crippen LogP contribution in [0.1, 0.15) is 77.6 Å². The second kappa shape index (κ2) is 10.9. The molecule has 0 bridgehead atoms. The van der Waals surface area contributed by atoms with Crippen LogP contribution in [0.2, 0.25) is 0 Å². The van der Waals surface area contributed by atoms with Crippen LogP contribution >= 0.6 is 0 Å². The van der Waals surface area contributed by atoms with Crippen LogP contribution in [0, 0.1) is 5.41 Å². The molecule has 1 aliphatic rings. The van der Waals surface area contributed by atoms with E-state index in [9.17, 15) is 9.59 Å². The first-order valence-corrected chi connectivity index (χ1v) is 9.38. The van der Waals surface area contributed by atoms with Gasteiger partial charge in [-0.2, -0.15) is 0 Å². The van der Waals surface area contributed by atoms with Crippen molar-refractivity contribution in [3.8, 4) is 0 Å². The molecule has 0 aliphatic carbocycles. The Hall–Kier alpha value is -0.980. The Morgan fingerprint density at radius 2 is 1.44 bits per heavy atom. The normalized spacial score (nSPS) is 21.0. The van der Waals surface area contributed by atoms with E-state index in [1.165, 1.54) is 6.42 Å². The lowest BCUT2D eigenvalue weighted by Crippen LogP contribution is -2.35. The average Bonchev–Trinajstić information content (AvgIpc) is 2.91. The molecular formula is C19H34O6. The summed E-state index contributed by atoms with van der Waals surface area (Å²) in [5.41, 5.74) is -0.555. The monoisotopic (exact) mass is 358 g/mol. The van der Waals surface area contributed by atoms with Crippen LogP contribution in [0.15, 0.2) is 0 Å². The highest BCUT2D eigenvalue weighted by Gasteiger charge is 2.46. The van der Waals surface area contributed by atoms with Gasteiger partial charge in [0, 0.05) is 27.8 Å². The van der Waals surface area contributed by atoms with E-state index in [2.05, 4.69) is 0 Å². The van der Waals surface area contributed by atoms with Gasteiger partial charge in [-0.15, -0.1) is 0 Å². The number of carbonyl (C=O) groups excluding carboxylic acids is 2. The molecule has 1 unspecified atom stereocenters. The van der Waals surface area contributed by atoms with Crippen molar-refractivity contribution in [1.82, 2.24) is 0 Å². The summed E-state index contributed by atoms with van der Waals surface area (Å²) in [5.74, 6) is -1.61. The van der Waals surface area contributed by atoms with E-state index in [1.54, 1.807) is 21.3 Å². The molecule has 6 heteroatoms. The molecule has 0 saturated carbocycles. The molecular weight excluding hydrogens is 324 g/mol. The molecule has 1 heterocycles. The van der Waals surface area contributed by atoms with Crippen molar-refractivity contribution in [3.63, 3.8) is 0 Å². The molecule has 0 aromatic rings. The van der Waals surface area contributed by atoms with Gasteiger partial charge in [-0.25, -0.2) is 0 Å². The average molecular weight is 358 g/mol. The number of ether oxygens (including phenoxy) is 4. The highest BCUT2D eigenvalue weighted by Crippen LogP contribution is 2.39. The first-order chi connectivity index (χ1) is 12.0. The molecule has 0 amide bonds. The van der Waals surface area contributed by atoms with E-state index in [4.69, 9.17) is 18.9 Å². The molecule has 1 atom stereocenters. The first-order valence-electron chi connectivity index (χ1n) is 9.38. The fraction of sp³-hybridized carbons (Fsp3) is 0.895. The van der Waals surface area contributed by atoms with Crippen LogP contribution < -0.4 is 0 Å². The van der Waals surface area contributed by atoms with E-state index in [1.807, 2.05) is 6.92 Å². The first kappa shape index (κ1) is 22.1. The molecule has 25 heavy (non-hydrogen) atoms. The summed E-state index contributed by atoms with van der Waals surface area (Å²) >= 11 is 0. The van der Waals surface area contributed by atoms with Crippen molar-refractivity contribution in [2.75, 3.05) is 21.3 Å². The van der Waals surface area contributed by atoms with E-state index < -0.39 is 11.4 Å². The smallest absolute Gasteiger partial charge is 0.320 e. The maximum Gasteiger partial charge on any atom is 0.320 e. The summed E-state index contributed by atoms with van der Waals surface area (Å²) < 4.78 is 20.6. The third kappa shape index (κ3) is 6.35. The molecule has 0 spiro atoms. The maximum atomic E-state index is 11.9. The molecule has 0 radical (unpaired) electrons. The fourth-order valence-corrected chi connectivity index (χ4v) is 3.48. The molecule has 1 rings (SSSR count). The standard InChI is InChI=1S/C19H34O6/c1-5-18(15-16(20)25-17(18)21)13-11-9-7-6-8-10-12-14-19(22-2,23-3)24-4/h5-15H2,1-4H3. The number of methoxy groups -OCH3 is 3. The predicted molar refractivity (Wildman–Crippen MR) is 93.8 cm³/mol. The topological polar surface area (TPSA) is 71.1 Å². The van der Waals surface area contributed by atoms with Gasteiger partial charge in [0.1, 0.15) is 0 Å². The van der Waals surface area contributed by atoms with Crippen molar-refractivity contribution >= 4 is 11.9 Å². The summed E-state index contributed by atoms with van der Waals surface area (Å²) in [4.78, 5) is 23.2. The third-order valence-electron chi connectivity index (χ3n) is 5.37. The SMILES string of the molecule is CCC1(CCCCCCCCCC(OC)(OC)OC)CC(=O)OC1=O. The molecule has 1 saturated heterocycles. The minimum atomic E-state index is -0.915. The van der Waals surface area contributed by atoms with Crippen molar-refractivity contribution in [1.29, 1.82) is 0 Å². The van der Waals surface area contributed by atoms with E-state index in [-0.39, 0.29) is 18.4 Å². The van der Waals surface area contributed by atoms with Gasteiger partial charge in [-0.1, -0.05) is 45.4 Å². The van der Waals surface area contributed by atoms with Gasteiger partial charge in [-0.05, 0) is 19.3 Å². The Morgan fingerprint density at radius 1 is 0.920 bits per heavy atom. The number of hydrogen-bond donors (Lipinski definition) is 0. The fourth-order valence-electron chi connectivity index (χ4n) is 3.48. The zero-order valence-electron chi connectivity index (χ0n) is 16.2. The van der Waals surface area contributed by atoms with Crippen LogP contribution in [-0.4, -0.2) is 39.2 Å². The Bertz CT molecular complexity index is 410. The minimum Gasteiger partial charge on any atom is -0.393 e. The Balaban J connectivity index is 2.09. The third-order valence-corrected chi connectivity index (χ3v) is 5.37. The highest BCUT2D eigenvalue weighted by molar-refractivity contribution is 5.97. The summed E-state index contributed by atoms with van der Waals surface area (Å²) in [6.07, 6.45) is 10.0. The number of hydrogen-bond acceptors (Lipinski definition) is 6. The van der Waals surface area contributed by atoms with Gasteiger partial charge in [0.05, 0.1) is 11.8 Å². The van der Waals surface area contributed by atoms with Crippen LogP contribution in [0.5, 0.6) is 0 Å². The van der Waals surface area contributed by atoms with Crippen molar-refractivity contribution in [2.45, 2.75) is 83.5 Å². The van der Waals surface area contributed by atoms with Crippen LogP contribution in [0.25, 0.3) is 0 Å². The van der Waals surface area contributed by atoms with Crippen molar-refractivity contribution in [3.05, 3.63) is 0 Å². The Kier molecular flexibility index (Phi) is 9.61. The molecule has 1 aliphatic heterocycles. The maximum absolute atomic E-state index is 11.9. The van der Waals surface area contributed by atoms with Crippen molar-refractivity contribution in [2.24, 2.45) is 5.41 Å². The summed E-state index contributed by atoms with van der Waals surface area (Å²) in [6, 6.07) is 0. The number of cyclic esters (lactones) is 2. The lowest BCUT2D eigenvalue weighted by Gasteiger charge is -2.28. The minimum absolute atomic E-state index is 0.253. The Morgan fingerprint density at radius 3 is 1.88 bits per heavy atom. The lowest BCUT2D eigenvalue weighted by molar-refractivity contribution is -0.355. The highest BCUT2D eigenvalue weighted by atomic mass is 16.9. The number of esters is 2. The summed E-state index contributed by atoms with van der Waals surface area (Å²) in [5, 5.41) is 0. The van der Waals surface area contributed by atoms with Crippen LogP contribution in [0.4, 0.5) is 0 Å². The zero-order chi connectivity index (χ0) is 18.8. The summed E-state index contributed by atoms with van der Waals surface area (Å²) in [6.45, 7) is 1.96. The largest absolute Gasteiger partial charge is 0.393 e. The predicted octanol–water partition coefficient (Wildman–Crippen LogP) is 3.96. The molecule has 6 nitrogen and oxygen atoms in total. The molecule has 0 N–H and O–H groups in total. The van der Waals surface area contributed by atoms with Gasteiger partial charge in [-0.3, -0.25) is 9.59 Å². The molecule has 1 fully saturated rings. The zero-order valence-corrected chi connectivity index (χ0v) is 16.2. The number of unbranched alkanes of at least 4 members (excludes halogenated alkanes) is 6.